The van der Waals surface area contributed by atoms with Crippen LogP contribution in [-0.4, -0.2) is 4.98 Å². The lowest BCUT2D eigenvalue weighted by Crippen LogP contribution is -1.86. The van der Waals surface area contributed by atoms with Gasteiger partial charge in [-0.25, -0.2) is 4.98 Å². The van der Waals surface area contributed by atoms with Crippen LogP contribution in [-0.2, 0) is 0 Å². The summed E-state index contributed by atoms with van der Waals surface area (Å²) < 4.78 is 0. The van der Waals surface area contributed by atoms with E-state index >= 15 is 0 Å². The van der Waals surface area contributed by atoms with E-state index in [4.69, 9.17) is 0 Å². The third-order valence-electron chi connectivity index (χ3n) is 2.86. The molecule has 1 aromatic heterocycles. The molecule has 2 heteroatoms. The Kier molecular flexibility index (Phi) is 3.10. The highest BCUT2D eigenvalue weighted by Gasteiger charge is 2.03. The second-order valence-corrected chi connectivity index (χ2v) is 3.77. The molecule has 16 heavy (non-hydrogen) atoms. The summed E-state index contributed by atoms with van der Waals surface area (Å²) in [4.78, 5) is 4.64. The van der Waals surface area contributed by atoms with Gasteiger partial charge in [-0.1, -0.05) is 36.4 Å². The molecule has 0 unspecified atom stereocenters. The van der Waals surface area contributed by atoms with Crippen LogP contribution in [0, 0.1) is 6.92 Å². The van der Waals surface area contributed by atoms with Gasteiger partial charge >= 0.3 is 0 Å². The van der Waals surface area contributed by atoms with Crippen LogP contribution in [0.2, 0.25) is 0 Å². The van der Waals surface area contributed by atoms with Gasteiger partial charge in [0.05, 0.1) is 11.0 Å². The van der Waals surface area contributed by atoms with Crippen LogP contribution in [0.3, 0.4) is 0 Å². The highest BCUT2D eigenvalue weighted by Crippen LogP contribution is 2.24. The summed E-state index contributed by atoms with van der Waals surface area (Å²) in [6.45, 7) is 2.16. The lowest BCUT2D eigenvalue weighted by Gasteiger charge is -2.05. The van der Waals surface area contributed by atoms with Crippen LogP contribution in [0.25, 0.3) is 21.8 Å². The number of aromatic nitrogens is 1. The normalized spacial score (nSPS) is 10.3. The number of pyridine rings is 1. The lowest BCUT2D eigenvalue weighted by atomic mass is 10.0. The first-order chi connectivity index (χ1) is 7.36. The molecule has 0 atom stereocenters. The minimum Gasteiger partial charge on any atom is -0.248 e. The van der Waals surface area contributed by atoms with Gasteiger partial charge in [-0.3, -0.25) is 0 Å². The third-order valence-corrected chi connectivity index (χ3v) is 2.86. The Bertz CT molecular complexity index is 592. The Hall–Kier alpha value is -1.16. The van der Waals surface area contributed by atoms with Crippen LogP contribution in [0.4, 0.5) is 0 Å². The zero-order valence-electron chi connectivity index (χ0n) is 8.97. The van der Waals surface area contributed by atoms with E-state index in [0.29, 0.717) is 0 Å². The Morgan fingerprint density at radius 3 is 1.69 bits per heavy atom. The number of para-hydroxylation sites is 2. The first kappa shape index (κ1) is 11.3. The van der Waals surface area contributed by atoms with E-state index in [1.165, 1.54) is 16.3 Å². The summed E-state index contributed by atoms with van der Waals surface area (Å²) >= 11 is 0. The van der Waals surface area contributed by atoms with Crippen LogP contribution >= 0.6 is 24.0 Å². The van der Waals surface area contributed by atoms with Gasteiger partial charge in [-0.15, -0.1) is 24.0 Å². The van der Waals surface area contributed by atoms with Crippen molar-refractivity contribution in [3.8, 4) is 0 Å². The Morgan fingerprint density at radius 2 is 1.19 bits per heavy atom. The summed E-state index contributed by atoms with van der Waals surface area (Å²) in [5.41, 5.74) is 3.47. The molecule has 0 aliphatic carbocycles. The van der Waals surface area contributed by atoms with Crippen molar-refractivity contribution in [1.29, 1.82) is 0 Å². The van der Waals surface area contributed by atoms with E-state index in [-0.39, 0.29) is 24.0 Å². The van der Waals surface area contributed by atoms with Crippen molar-refractivity contribution in [2.45, 2.75) is 6.92 Å². The molecule has 0 amide bonds. The standard InChI is InChI=1S/C14H11N.HI/c1-10-11-6-2-4-8-13(11)15-14-9-5-3-7-12(10)14;/h2-9H,1H3;1H. The monoisotopic (exact) mass is 321 g/mol. The summed E-state index contributed by atoms with van der Waals surface area (Å²) in [5, 5.41) is 2.49. The third kappa shape index (κ3) is 1.67. The minimum atomic E-state index is 0. The molecule has 80 valence electrons. The predicted molar refractivity (Wildman–Crippen MR) is 79.4 cm³/mol. The van der Waals surface area contributed by atoms with Crippen molar-refractivity contribution in [2.24, 2.45) is 0 Å². The summed E-state index contributed by atoms with van der Waals surface area (Å²) in [6.07, 6.45) is 0. The fraction of sp³-hybridized carbons (Fsp3) is 0.0714. The van der Waals surface area contributed by atoms with Crippen molar-refractivity contribution in [3.05, 3.63) is 54.1 Å². The predicted octanol–water partition coefficient (Wildman–Crippen LogP) is 4.31. The number of rotatable bonds is 0. The van der Waals surface area contributed by atoms with E-state index in [2.05, 4.69) is 48.3 Å². The van der Waals surface area contributed by atoms with Crippen LogP contribution < -0.4 is 0 Å². The van der Waals surface area contributed by atoms with Crippen LogP contribution in [0.5, 0.6) is 0 Å². The highest BCUT2D eigenvalue weighted by molar-refractivity contribution is 14.0. The van der Waals surface area contributed by atoms with E-state index in [1.54, 1.807) is 0 Å². The Labute approximate surface area is 112 Å². The number of aryl methyl sites for hydroxylation is 1. The first-order valence-electron chi connectivity index (χ1n) is 5.10. The zero-order valence-corrected chi connectivity index (χ0v) is 11.3. The van der Waals surface area contributed by atoms with Crippen LogP contribution in [0.1, 0.15) is 5.56 Å². The SMILES string of the molecule is Cc1c2ccccc2nc2ccccc12.I. The average Bonchev–Trinajstić information content (AvgIpc) is 2.30. The van der Waals surface area contributed by atoms with E-state index in [0.717, 1.165) is 11.0 Å². The van der Waals surface area contributed by atoms with Gasteiger partial charge in [0, 0.05) is 10.8 Å². The van der Waals surface area contributed by atoms with Gasteiger partial charge in [0.25, 0.3) is 0 Å². The Morgan fingerprint density at radius 1 is 0.750 bits per heavy atom. The van der Waals surface area contributed by atoms with Crippen molar-refractivity contribution >= 4 is 45.8 Å². The fourth-order valence-corrected chi connectivity index (χ4v) is 2.05. The number of hydrogen-bond acceptors (Lipinski definition) is 1. The molecular formula is C14H12IN. The smallest absolute Gasteiger partial charge is 0.0712 e. The second-order valence-electron chi connectivity index (χ2n) is 3.77. The maximum Gasteiger partial charge on any atom is 0.0712 e. The zero-order chi connectivity index (χ0) is 10.3. The van der Waals surface area contributed by atoms with Crippen molar-refractivity contribution in [2.75, 3.05) is 0 Å². The molecule has 3 rings (SSSR count). The van der Waals surface area contributed by atoms with E-state index in [1.807, 2.05) is 12.1 Å². The summed E-state index contributed by atoms with van der Waals surface area (Å²) in [6, 6.07) is 16.6. The molecule has 0 aliphatic rings. The highest BCUT2D eigenvalue weighted by atomic mass is 127. The molecule has 1 heterocycles. The van der Waals surface area contributed by atoms with Gasteiger partial charge in [0.15, 0.2) is 0 Å². The topological polar surface area (TPSA) is 12.9 Å². The van der Waals surface area contributed by atoms with Gasteiger partial charge in [-0.05, 0) is 24.6 Å². The number of benzene rings is 2. The van der Waals surface area contributed by atoms with E-state index < -0.39 is 0 Å². The average molecular weight is 321 g/mol. The molecular weight excluding hydrogens is 309 g/mol. The number of halogens is 1. The molecule has 0 saturated heterocycles. The summed E-state index contributed by atoms with van der Waals surface area (Å²) in [7, 11) is 0. The van der Waals surface area contributed by atoms with Crippen molar-refractivity contribution < 1.29 is 0 Å². The van der Waals surface area contributed by atoms with Crippen LogP contribution in [0.15, 0.2) is 48.5 Å². The lowest BCUT2D eigenvalue weighted by molar-refractivity contribution is 1.45. The minimum absolute atomic E-state index is 0. The molecule has 0 N–H and O–H groups in total. The molecule has 0 fully saturated rings. The van der Waals surface area contributed by atoms with Gasteiger partial charge in [-0.2, -0.15) is 0 Å². The molecule has 0 saturated carbocycles. The molecule has 1 nitrogen and oxygen atoms in total. The molecule has 0 bridgehead atoms. The van der Waals surface area contributed by atoms with Gasteiger partial charge in [0.2, 0.25) is 0 Å². The first-order valence-corrected chi connectivity index (χ1v) is 5.10. The number of hydrogen-bond donors (Lipinski definition) is 0. The van der Waals surface area contributed by atoms with Gasteiger partial charge in [0.1, 0.15) is 0 Å². The largest absolute Gasteiger partial charge is 0.248 e. The second kappa shape index (κ2) is 4.37. The fourth-order valence-electron chi connectivity index (χ4n) is 2.05. The number of fused-ring (bicyclic) bond motifs is 2. The van der Waals surface area contributed by atoms with Crippen molar-refractivity contribution in [3.63, 3.8) is 0 Å². The quantitative estimate of drug-likeness (QED) is 0.444. The summed E-state index contributed by atoms with van der Waals surface area (Å²) in [5.74, 6) is 0. The maximum absolute atomic E-state index is 4.64. The van der Waals surface area contributed by atoms with E-state index in [9.17, 15) is 0 Å². The Balaban J connectivity index is 0.000000963. The van der Waals surface area contributed by atoms with Gasteiger partial charge < -0.3 is 0 Å². The molecule has 3 aromatic rings. The molecule has 0 radical (unpaired) electrons. The molecule has 0 spiro atoms. The number of nitrogens with zero attached hydrogens (tertiary/aromatic N) is 1. The molecule has 2 aromatic carbocycles. The molecule has 0 aliphatic heterocycles. The maximum atomic E-state index is 4.64. The van der Waals surface area contributed by atoms with Crippen molar-refractivity contribution in [1.82, 2.24) is 4.98 Å².